The first-order valence-corrected chi connectivity index (χ1v) is 12.7. The van der Waals surface area contributed by atoms with Crippen LogP contribution in [-0.2, 0) is 21.1 Å². The van der Waals surface area contributed by atoms with E-state index in [0.29, 0.717) is 29.4 Å². The number of pyridine rings is 1. The van der Waals surface area contributed by atoms with Crippen molar-refractivity contribution >= 4 is 21.8 Å². The van der Waals surface area contributed by atoms with Crippen molar-refractivity contribution in [3.8, 4) is 34.1 Å². The topological polar surface area (TPSA) is 44.9 Å². The third-order valence-corrected chi connectivity index (χ3v) is 6.87. The summed E-state index contributed by atoms with van der Waals surface area (Å²) in [5.74, 6) is 1.66. The summed E-state index contributed by atoms with van der Waals surface area (Å²) in [4.78, 5) is 4.52. The molecule has 0 atom stereocenters. The van der Waals surface area contributed by atoms with Crippen LogP contribution in [0.5, 0.6) is 11.5 Å². The maximum absolute atomic E-state index is 8.16. The quantitative estimate of drug-likeness (QED) is 0.171. The Morgan fingerprint density at radius 3 is 2.45 bits per heavy atom. The van der Waals surface area contributed by atoms with E-state index in [0.717, 1.165) is 50.0 Å². The van der Waals surface area contributed by atoms with Crippen LogP contribution < -0.4 is 4.74 Å². The molecular weight excluding hydrogens is 675 g/mol. The fourth-order valence-electron chi connectivity index (χ4n) is 5.18. The second-order valence-corrected chi connectivity index (χ2v) is 9.30. The van der Waals surface area contributed by atoms with Crippen molar-refractivity contribution in [1.82, 2.24) is 19.3 Å². The normalized spacial score (nSPS) is 11.8. The number of rotatable bonds is 5. The van der Waals surface area contributed by atoms with Gasteiger partial charge < -0.3 is 9.30 Å². The van der Waals surface area contributed by atoms with Gasteiger partial charge in [-0.3, -0.25) is 4.68 Å². The number of nitrogens with zero attached hydrogens (tertiary/aromatic N) is 4. The molecule has 7 rings (SSSR count). The van der Waals surface area contributed by atoms with Gasteiger partial charge in [0, 0.05) is 34.5 Å². The molecule has 40 heavy (non-hydrogen) atoms. The van der Waals surface area contributed by atoms with Crippen LogP contribution in [0.2, 0.25) is 0 Å². The maximum Gasteiger partial charge on any atom is 2.00 e. The van der Waals surface area contributed by atoms with E-state index in [1.807, 2.05) is 76.8 Å². The summed E-state index contributed by atoms with van der Waals surface area (Å²) in [7, 11) is 0. The van der Waals surface area contributed by atoms with Crippen molar-refractivity contribution in [2.75, 3.05) is 0 Å². The standard InChI is InChI=1S/C34H24N4O.Pt/c1-23-34(25-11-4-3-5-12-25)24(2)38(36-23)26-13-10-14-27(21-26)39-28-18-19-30-29-15-6-7-16-31(29)37(32(30)22-28)33-17-8-9-20-35-33;/h3-20H,1-2H3;/q-2;+2/i6D,8D;. The zero-order valence-electron chi connectivity index (χ0n) is 23.8. The summed E-state index contributed by atoms with van der Waals surface area (Å²) >= 11 is 0. The third kappa shape index (κ3) is 4.43. The van der Waals surface area contributed by atoms with Crippen molar-refractivity contribution in [1.29, 1.82) is 0 Å². The first-order chi connectivity index (χ1) is 20.0. The van der Waals surface area contributed by atoms with Gasteiger partial charge in [-0.15, -0.1) is 35.7 Å². The molecule has 0 fully saturated rings. The second-order valence-electron chi connectivity index (χ2n) is 9.30. The molecule has 0 radical (unpaired) electrons. The Kier molecular flexibility index (Phi) is 6.20. The molecule has 4 aromatic carbocycles. The van der Waals surface area contributed by atoms with Crippen molar-refractivity contribution in [3.05, 3.63) is 133 Å². The maximum atomic E-state index is 8.16. The number of para-hydroxylation sites is 1. The number of ether oxygens (including phenoxy) is 1. The van der Waals surface area contributed by atoms with Gasteiger partial charge in [0.05, 0.1) is 8.44 Å². The van der Waals surface area contributed by atoms with Gasteiger partial charge >= 0.3 is 21.1 Å². The van der Waals surface area contributed by atoms with Crippen molar-refractivity contribution in [3.63, 3.8) is 0 Å². The predicted molar refractivity (Wildman–Crippen MR) is 155 cm³/mol. The van der Waals surface area contributed by atoms with Crippen LogP contribution in [0.25, 0.3) is 44.4 Å². The summed E-state index contributed by atoms with van der Waals surface area (Å²) in [6, 6.07) is 36.3. The molecule has 0 N–H and O–H groups in total. The number of benzene rings is 4. The minimum Gasteiger partial charge on any atom is -0.509 e. The van der Waals surface area contributed by atoms with Crippen LogP contribution in [0, 0.1) is 26.0 Å². The molecule has 6 heteroatoms. The summed E-state index contributed by atoms with van der Waals surface area (Å²) in [5.41, 5.74) is 6.62. The minimum atomic E-state index is 0. The Morgan fingerprint density at radius 1 is 0.775 bits per heavy atom. The molecule has 0 unspecified atom stereocenters. The zero-order valence-corrected chi connectivity index (χ0v) is 24.0. The van der Waals surface area contributed by atoms with E-state index in [9.17, 15) is 0 Å². The summed E-state index contributed by atoms with van der Waals surface area (Å²) < 4.78 is 26.4. The zero-order chi connectivity index (χ0) is 28.1. The molecule has 0 amide bonds. The smallest absolute Gasteiger partial charge is 0.509 e. The molecule has 0 aliphatic rings. The van der Waals surface area contributed by atoms with Crippen LogP contribution in [0.3, 0.4) is 0 Å². The van der Waals surface area contributed by atoms with E-state index in [1.165, 1.54) is 0 Å². The molecular formula is C34H24N4OPt. The SMILES string of the molecule is [2H]c1ccnc(-n2c3[c-]c(Oc4[c-]c(-n5nc(C)c(-c6ccccc6)c5C)ccc4)ccc3c3cc([2H])ccc32)c1.[Pt+2]. The Bertz CT molecular complexity index is 2090. The van der Waals surface area contributed by atoms with Crippen LogP contribution >= 0.6 is 0 Å². The average molecular weight is 702 g/mol. The van der Waals surface area contributed by atoms with E-state index < -0.39 is 0 Å². The number of fused-ring (bicyclic) bond motifs is 3. The van der Waals surface area contributed by atoms with Crippen molar-refractivity contribution in [2.24, 2.45) is 0 Å². The fourth-order valence-corrected chi connectivity index (χ4v) is 5.18. The first kappa shape index (κ1) is 23.4. The van der Waals surface area contributed by atoms with Crippen molar-refractivity contribution < 1.29 is 28.5 Å². The molecule has 0 spiro atoms. The molecule has 0 saturated heterocycles. The number of hydrogen-bond acceptors (Lipinski definition) is 3. The van der Waals surface area contributed by atoms with E-state index >= 15 is 0 Å². The van der Waals surface area contributed by atoms with Crippen molar-refractivity contribution in [2.45, 2.75) is 13.8 Å². The predicted octanol–water partition coefficient (Wildman–Crippen LogP) is 8.04. The van der Waals surface area contributed by atoms with E-state index in [2.05, 4.69) is 36.2 Å². The van der Waals surface area contributed by atoms with Crippen LogP contribution in [0.15, 0.2) is 109 Å². The molecule has 0 aliphatic carbocycles. The van der Waals surface area contributed by atoms with Crippen LogP contribution in [0.4, 0.5) is 0 Å². The van der Waals surface area contributed by atoms with Gasteiger partial charge in [-0.05, 0) is 48.7 Å². The molecule has 7 aromatic rings. The summed E-state index contributed by atoms with van der Waals surface area (Å²) in [5, 5.41) is 6.65. The van der Waals surface area contributed by atoms with Gasteiger partial charge in [-0.1, -0.05) is 60.1 Å². The van der Waals surface area contributed by atoms with Gasteiger partial charge in [-0.2, -0.15) is 17.2 Å². The molecule has 0 saturated carbocycles. The summed E-state index contributed by atoms with van der Waals surface area (Å²) in [6.07, 6.45) is 1.62. The van der Waals surface area contributed by atoms with Gasteiger partial charge in [0.15, 0.2) is 0 Å². The molecule has 5 nitrogen and oxygen atoms in total. The molecule has 0 aliphatic heterocycles. The average Bonchev–Trinajstić information content (AvgIpc) is 3.46. The molecule has 3 heterocycles. The Balaban J connectivity index is 0.00000316. The number of aryl methyl sites for hydroxylation is 1. The van der Waals surface area contributed by atoms with Gasteiger partial charge in [0.25, 0.3) is 0 Å². The minimum absolute atomic E-state index is 0. The monoisotopic (exact) mass is 701 g/mol. The number of aromatic nitrogens is 4. The van der Waals surface area contributed by atoms with Gasteiger partial charge in [0.1, 0.15) is 5.82 Å². The van der Waals surface area contributed by atoms with E-state index in [-0.39, 0.29) is 21.1 Å². The summed E-state index contributed by atoms with van der Waals surface area (Å²) in [6.45, 7) is 4.08. The van der Waals surface area contributed by atoms with E-state index in [4.69, 9.17) is 12.6 Å². The fraction of sp³-hybridized carbons (Fsp3) is 0.0588. The van der Waals surface area contributed by atoms with Gasteiger partial charge in [0.2, 0.25) is 0 Å². The number of hydrogen-bond donors (Lipinski definition) is 0. The second kappa shape index (κ2) is 10.6. The van der Waals surface area contributed by atoms with E-state index in [1.54, 1.807) is 24.4 Å². The largest absolute Gasteiger partial charge is 2.00 e. The molecule has 196 valence electrons. The molecule has 0 bridgehead atoms. The molecule has 3 aromatic heterocycles. The van der Waals surface area contributed by atoms with Crippen LogP contribution in [-0.4, -0.2) is 19.3 Å². The Morgan fingerprint density at radius 2 is 1.60 bits per heavy atom. The Hall–Kier alpha value is -4.47. The first-order valence-electron chi connectivity index (χ1n) is 13.7. The van der Waals surface area contributed by atoms with Gasteiger partial charge in [-0.25, -0.2) is 4.98 Å². The van der Waals surface area contributed by atoms with Crippen LogP contribution in [0.1, 0.15) is 14.1 Å². The Labute approximate surface area is 249 Å². The third-order valence-electron chi connectivity index (χ3n) is 6.87.